The highest BCUT2D eigenvalue weighted by atomic mass is 15.3. The van der Waals surface area contributed by atoms with E-state index in [0.29, 0.717) is 0 Å². The van der Waals surface area contributed by atoms with Crippen LogP contribution in [0.4, 0.5) is 0 Å². The Bertz CT molecular complexity index is 538. The molecule has 2 heterocycles. The van der Waals surface area contributed by atoms with Crippen molar-refractivity contribution in [1.82, 2.24) is 20.1 Å². The molecule has 2 aromatic heterocycles. The monoisotopic (exact) mass is 272 g/mol. The summed E-state index contributed by atoms with van der Waals surface area (Å²) in [6.45, 7) is 9.55. The molecule has 4 nitrogen and oxygen atoms in total. The maximum atomic E-state index is 4.68. The Morgan fingerprint density at radius 2 is 2.05 bits per heavy atom. The molecule has 0 saturated carbocycles. The van der Waals surface area contributed by atoms with E-state index in [9.17, 15) is 0 Å². The minimum absolute atomic E-state index is 0.111. The predicted octanol–water partition coefficient (Wildman–Crippen LogP) is 3.11. The van der Waals surface area contributed by atoms with Gasteiger partial charge in [0.25, 0.3) is 0 Å². The maximum Gasteiger partial charge on any atom is 0.153 e. The second kappa shape index (κ2) is 6.18. The fourth-order valence-electron chi connectivity index (χ4n) is 2.01. The molecule has 2 aromatic rings. The lowest BCUT2D eigenvalue weighted by Crippen LogP contribution is -2.35. The summed E-state index contributed by atoms with van der Waals surface area (Å²) in [6, 6.07) is 6.21. The van der Waals surface area contributed by atoms with Gasteiger partial charge in [-0.05, 0) is 51.0 Å². The van der Waals surface area contributed by atoms with E-state index in [1.54, 1.807) is 6.20 Å². The van der Waals surface area contributed by atoms with Gasteiger partial charge in [-0.15, -0.1) is 0 Å². The Morgan fingerprint density at radius 1 is 1.25 bits per heavy atom. The highest BCUT2D eigenvalue weighted by Gasteiger charge is 2.10. The zero-order valence-electron chi connectivity index (χ0n) is 12.8. The van der Waals surface area contributed by atoms with Crippen LogP contribution in [-0.4, -0.2) is 20.3 Å². The Balaban J connectivity index is 2.26. The van der Waals surface area contributed by atoms with Crippen molar-refractivity contribution in [1.29, 1.82) is 0 Å². The van der Waals surface area contributed by atoms with Crippen molar-refractivity contribution >= 4 is 0 Å². The molecule has 4 heteroatoms. The standard InChI is InChI=1S/C16H24N4/c1-5-7-14-10-13(12-17-16(2,3)4)11-15(19-14)20-9-6-8-18-20/h6,8-11,17H,5,7,12H2,1-4H3. The molecule has 20 heavy (non-hydrogen) atoms. The van der Waals surface area contributed by atoms with E-state index in [0.717, 1.165) is 30.9 Å². The van der Waals surface area contributed by atoms with Gasteiger partial charge in [-0.1, -0.05) is 13.3 Å². The SMILES string of the molecule is CCCc1cc(CNC(C)(C)C)cc(-n2cccn2)n1. The molecule has 0 unspecified atom stereocenters. The van der Waals surface area contributed by atoms with Crippen LogP contribution in [0.1, 0.15) is 45.4 Å². The first kappa shape index (κ1) is 14.7. The van der Waals surface area contributed by atoms with Crippen molar-refractivity contribution in [3.63, 3.8) is 0 Å². The molecule has 0 aliphatic heterocycles. The average Bonchev–Trinajstić information content (AvgIpc) is 2.89. The molecule has 0 atom stereocenters. The van der Waals surface area contributed by atoms with Gasteiger partial charge in [-0.3, -0.25) is 0 Å². The van der Waals surface area contributed by atoms with Gasteiger partial charge >= 0.3 is 0 Å². The van der Waals surface area contributed by atoms with E-state index < -0.39 is 0 Å². The molecule has 0 spiro atoms. The molecule has 1 N–H and O–H groups in total. The minimum Gasteiger partial charge on any atom is -0.308 e. The van der Waals surface area contributed by atoms with Crippen molar-refractivity contribution in [3.05, 3.63) is 41.9 Å². The first-order valence-corrected chi connectivity index (χ1v) is 7.23. The average molecular weight is 272 g/mol. The third kappa shape index (κ3) is 4.17. The van der Waals surface area contributed by atoms with Crippen LogP contribution in [0, 0.1) is 0 Å². The Morgan fingerprint density at radius 3 is 2.65 bits per heavy atom. The summed E-state index contributed by atoms with van der Waals surface area (Å²) in [5, 5.41) is 7.79. The summed E-state index contributed by atoms with van der Waals surface area (Å²) in [5.74, 6) is 0.895. The molecule has 0 saturated heterocycles. The molecular formula is C16H24N4. The van der Waals surface area contributed by atoms with Gasteiger partial charge < -0.3 is 5.32 Å². The van der Waals surface area contributed by atoms with Crippen LogP contribution in [0.25, 0.3) is 5.82 Å². The summed E-state index contributed by atoms with van der Waals surface area (Å²) in [6.07, 6.45) is 5.81. The number of hydrogen-bond donors (Lipinski definition) is 1. The number of nitrogens with one attached hydrogen (secondary N) is 1. The molecule has 0 amide bonds. The fraction of sp³-hybridized carbons (Fsp3) is 0.500. The third-order valence-corrected chi connectivity index (χ3v) is 2.99. The highest BCUT2D eigenvalue weighted by Crippen LogP contribution is 2.12. The smallest absolute Gasteiger partial charge is 0.153 e. The van der Waals surface area contributed by atoms with E-state index >= 15 is 0 Å². The predicted molar refractivity (Wildman–Crippen MR) is 81.9 cm³/mol. The Labute approximate surface area is 121 Å². The second-order valence-electron chi connectivity index (χ2n) is 6.13. The Hall–Kier alpha value is -1.68. The minimum atomic E-state index is 0.111. The van der Waals surface area contributed by atoms with Crippen molar-refractivity contribution in [2.75, 3.05) is 0 Å². The number of nitrogens with zero attached hydrogens (tertiary/aromatic N) is 3. The van der Waals surface area contributed by atoms with Crippen molar-refractivity contribution in [2.24, 2.45) is 0 Å². The molecule has 0 bridgehead atoms. The van der Waals surface area contributed by atoms with Gasteiger partial charge in [0.2, 0.25) is 0 Å². The lowest BCUT2D eigenvalue weighted by Gasteiger charge is -2.21. The van der Waals surface area contributed by atoms with Crippen LogP contribution in [-0.2, 0) is 13.0 Å². The van der Waals surface area contributed by atoms with Gasteiger partial charge in [0.15, 0.2) is 5.82 Å². The van der Waals surface area contributed by atoms with Gasteiger partial charge in [-0.2, -0.15) is 5.10 Å². The topological polar surface area (TPSA) is 42.7 Å². The van der Waals surface area contributed by atoms with Gasteiger partial charge in [-0.25, -0.2) is 9.67 Å². The molecule has 0 fully saturated rings. The van der Waals surface area contributed by atoms with Crippen molar-refractivity contribution in [3.8, 4) is 5.82 Å². The van der Waals surface area contributed by atoms with Gasteiger partial charge in [0.1, 0.15) is 0 Å². The summed E-state index contributed by atoms with van der Waals surface area (Å²) >= 11 is 0. The normalized spacial score (nSPS) is 11.8. The van der Waals surface area contributed by atoms with Crippen molar-refractivity contribution < 1.29 is 0 Å². The number of hydrogen-bond acceptors (Lipinski definition) is 3. The molecule has 0 radical (unpaired) electrons. The summed E-state index contributed by atoms with van der Waals surface area (Å²) in [5.41, 5.74) is 2.50. The fourth-order valence-corrected chi connectivity index (χ4v) is 2.01. The molecule has 0 aromatic carbocycles. The third-order valence-electron chi connectivity index (χ3n) is 2.99. The van der Waals surface area contributed by atoms with Crippen LogP contribution in [0.5, 0.6) is 0 Å². The van der Waals surface area contributed by atoms with Crippen LogP contribution in [0.3, 0.4) is 0 Å². The van der Waals surface area contributed by atoms with E-state index in [4.69, 9.17) is 0 Å². The summed E-state index contributed by atoms with van der Waals surface area (Å²) in [4.78, 5) is 4.68. The number of pyridine rings is 1. The van der Waals surface area contributed by atoms with Crippen molar-refractivity contribution in [2.45, 2.75) is 52.6 Å². The van der Waals surface area contributed by atoms with E-state index in [-0.39, 0.29) is 5.54 Å². The summed E-state index contributed by atoms with van der Waals surface area (Å²) in [7, 11) is 0. The maximum absolute atomic E-state index is 4.68. The number of aromatic nitrogens is 3. The van der Waals surface area contributed by atoms with Gasteiger partial charge in [0.05, 0.1) is 0 Å². The highest BCUT2D eigenvalue weighted by molar-refractivity contribution is 5.30. The quantitative estimate of drug-likeness (QED) is 0.909. The van der Waals surface area contributed by atoms with E-state index in [1.165, 1.54) is 5.56 Å². The largest absolute Gasteiger partial charge is 0.308 e. The van der Waals surface area contributed by atoms with E-state index in [1.807, 2.05) is 16.9 Å². The van der Waals surface area contributed by atoms with E-state index in [2.05, 4.69) is 55.2 Å². The molecule has 2 rings (SSSR count). The lowest BCUT2D eigenvalue weighted by molar-refractivity contribution is 0.424. The zero-order chi connectivity index (χ0) is 14.6. The van der Waals surface area contributed by atoms with Crippen LogP contribution < -0.4 is 5.32 Å². The molecule has 0 aliphatic rings. The lowest BCUT2D eigenvalue weighted by atomic mass is 10.1. The molecular weight excluding hydrogens is 248 g/mol. The molecule has 0 aliphatic carbocycles. The number of aryl methyl sites for hydroxylation is 1. The first-order valence-electron chi connectivity index (χ1n) is 7.23. The van der Waals surface area contributed by atoms with Crippen LogP contribution in [0.2, 0.25) is 0 Å². The first-order chi connectivity index (χ1) is 9.48. The second-order valence-corrected chi connectivity index (χ2v) is 6.13. The summed E-state index contributed by atoms with van der Waals surface area (Å²) < 4.78 is 1.82. The van der Waals surface area contributed by atoms with Crippen LogP contribution in [0.15, 0.2) is 30.6 Å². The van der Waals surface area contributed by atoms with Crippen LogP contribution >= 0.6 is 0 Å². The van der Waals surface area contributed by atoms with Gasteiger partial charge in [0, 0.05) is 30.2 Å². The number of rotatable bonds is 5. The Kier molecular flexibility index (Phi) is 4.55. The molecule has 108 valence electrons. The zero-order valence-corrected chi connectivity index (χ0v) is 12.8.